The number of hydrogen-bond acceptors (Lipinski definition) is 7. The number of carbonyl (C=O) groups is 2. The van der Waals surface area contributed by atoms with Crippen LogP contribution >= 0.6 is 11.8 Å². The van der Waals surface area contributed by atoms with Crippen LogP contribution in [0.3, 0.4) is 0 Å². The van der Waals surface area contributed by atoms with E-state index in [9.17, 15) is 9.59 Å². The van der Waals surface area contributed by atoms with Crippen molar-refractivity contribution >= 4 is 29.3 Å². The number of amides is 2. The topological polar surface area (TPSA) is 93.7 Å². The average Bonchev–Trinajstić information content (AvgIpc) is 2.86. The predicted molar refractivity (Wildman–Crippen MR) is 141 cm³/mol. The fourth-order valence-electron chi connectivity index (χ4n) is 3.63. The SMILES string of the molecule is COc1ccc(NC(=O)C(C)(C)N(Cc2ccccc2)C(=O)CSc2nc(C)cc(C)n2)c(OC)c1. The molecule has 0 atom stereocenters. The van der Waals surface area contributed by atoms with Gasteiger partial charge in [-0.25, -0.2) is 9.97 Å². The number of anilines is 1. The van der Waals surface area contributed by atoms with Gasteiger partial charge in [0.1, 0.15) is 17.0 Å². The van der Waals surface area contributed by atoms with Crippen LogP contribution in [0, 0.1) is 13.8 Å². The zero-order valence-electron chi connectivity index (χ0n) is 21.5. The first-order valence-electron chi connectivity index (χ1n) is 11.5. The van der Waals surface area contributed by atoms with Crippen molar-refractivity contribution in [2.24, 2.45) is 0 Å². The molecule has 0 saturated heterocycles. The maximum atomic E-state index is 13.5. The highest BCUT2D eigenvalue weighted by Crippen LogP contribution is 2.31. The first-order valence-corrected chi connectivity index (χ1v) is 12.5. The van der Waals surface area contributed by atoms with E-state index in [1.54, 1.807) is 44.1 Å². The number of carbonyl (C=O) groups excluding carboxylic acids is 2. The Hall–Kier alpha value is -3.59. The first kappa shape index (κ1) is 27.0. The van der Waals surface area contributed by atoms with Crippen LogP contribution in [0.2, 0.25) is 0 Å². The molecular weight excluding hydrogens is 476 g/mol. The summed E-state index contributed by atoms with van der Waals surface area (Å²) in [5.41, 5.74) is 1.91. The van der Waals surface area contributed by atoms with Gasteiger partial charge in [-0.1, -0.05) is 42.1 Å². The Morgan fingerprint density at radius 1 is 0.972 bits per heavy atom. The van der Waals surface area contributed by atoms with Crippen molar-refractivity contribution in [1.29, 1.82) is 0 Å². The van der Waals surface area contributed by atoms with Crippen LogP contribution in [0.5, 0.6) is 11.5 Å². The number of rotatable bonds is 10. The molecule has 1 heterocycles. The Kier molecular flexibility index (Phi) is 8.93. The Morgan fingerprint density at radius 3 is 2.25 bits per heavy atom. The molecule has 3 aromatic rings. The van der Waals surface area contributed by atoms with Gasteiger partial charge < -0.3 is 19.7 Å². The number of hydrogen-bond donors (Lipinski definition) is 1. The number of aryl methyl sites for hydroxylation is 2. The molecular formula is C27H32N4O4S. The standard InChI is InChI=1S/C27H32N4O4S/c1-18-14-19(2)29-26(28-18)36-17-24(32)31(16-20-10-8-7-9-11-20)27(3,4)25(33)30-22-13-12-21(34-5)15-23(22)35-6/h7-15H,16-17H2,1-6H3,(H,30,33). The predicted octanol–water partition coefficient (Wildman–Crippen LogP) is 4.65. The number of ether oxygens (including phenoxy) is 2. The lowest BCUT2D eigenvalue weighted by atomic mass is 9.99. The molecule has 0 aliphatic rings. The minimum Gasteiger partial charge on any atom is -0.497 e. The van der Waals surface area contributed by atoms with Crippen molar-refractivity contribution in [3.63, 3.8) is 0 Å². The van der Waals surface area contributed by atoms with Crippen molar-refractivity contribution < 1.29 is 19.1 Å². The van der Waals surface area contributed by atoms with E-state index in [2.05, 4.69) is 15.3 Å². The molecule has 0 aliphatic heterocycles. The number of nitrogens with one attached hydrogen (secondary N) is 1. The lowest BCUT2D eigenvalue weighted by molar-refractivity contribution is -0.142. The van der Waals surface area contributed by atoms with Crippen LogP contribution in [0.1, 0.15) is 30.8 Å². The highest BCUT2D eigenvalue weighted by molar-refractivity contribution is 7.99. The molecule has 0 unspecified atom stereocenters. The van der Waals surface area contributed by atoms with Crippen molar-refractivity contribution in [1.82, 2.24) is 14.9 Å². The van der Waals surface area contributed by atoms with Gasteiger partial charge in [-0.2, -0.15) is 0 Å². The normalized spacial score (nSPS) is 11.1. The third-order valence-corrected chi connectivity index (χ3v) is 6.49. The summed E-state index contributed by atoms with van der Waals surface area (Å²) in [4.78, 5) is 37.5. The summed E-state index contributed by atoms with van der Waals surface area (Å²) in [7, 11) is 3.08. The molecule has 0 radical (unpaired) electrons. The second kappa shape index (κ2) is 11.9. The zero-order valence-corrected chi connectivity index (χ0v) is 22.3. The highest BCUT2D eigenvalue weighted by Gasteiger charge is 2.38. The van der Waals surface area contributed by atoms with Crippen molar-refractivity contribution in [3.8, 4) is 11.5 Å². The van der Waals surface area contributed by atoms with E-state index in [1.807, 2.05) is 50.2 Å². The molecule has 1 N–H and O–H groups in total. The first-order chi connectivity index (χ1) is 17.1. The number of nitrogens with zero attached hydrogens (tertiary/aromatic N) is 3. The zero-order chi connectivity index (χ0) is 26.3. The summed E-state index contributed by atoms with van der Waals surface area (Å²) in [6, 6.07) is 16.6. The van der Waals surface area contributed by atoms with Gasteiger partial charge in [0.05, 0.1) is 25.7 Å². The minimum absolute atomic E-state index is 0.0955. The monoisotopic (exact) mass is 508 g/mol. The van der Waals surface area contributed by atoms with Crippen LogP contribution in [0.4, 0.5) is 5.69 Å². The lowest BCUT2D eigenvalue weighted by Crippen LogP contribution is -2.55. The van der Waals surface area contributed by atoms with Gasteiger partial charge in [0, 0.05) is 24.0 Å². The molecule has 3 rings (SSSR count). The van der Waals surface area contributed by atoms with Crippen LogP contribution < -0.4 is 14.8 Å². The van der Waals surface area contributed by atoms with Gasteiger partial charge in [0.25, 0.3) is 0 Å². The number of methoxy groups -OCH3 is 2. The summed E-state index contributed by atoms with van der Waals surface area (Å²) >= 11 is 1.26. The fourth-order valence-corrected chi connectivity index (χ4v) is 4.45. The van der Waals surface area contributed by atoms with E-state index in [0.717, 1.165) is 17.0 Å². The third kappa shape index (κ3) is 6.75. The molecule has 0 aliphatic carbocycles. The number of aromatic nitrogens is 2. The summed E-state index contributed by atoms with van der Waals surface area (Å²) in [5.74, 6) is 0.618. The second-order valence-electron chi connectivity index (χ2n) is 8.77. The van der Waals surface area contributed by atoms with Gasteiger partial charge in [-0.15, -0.1) is 0 Å². The van der Waals surface area contributed by atoms with E-state index in [4.69, 9.17) is 9.47 Å². The molecule has 2 amide bonds. The highest BCUT2D eigenvalue weighted by atomic mass is 32.2. The molecule has 190 valence electrons. The van der Waals surface area contributed by atoms with E-state index in [-0.39, 0.29) is 24.1 Å². The number of thioether (sulfide) groups is 1. The van der Waals surface area contributed by atoms with Crippen LogP contribution in [0.25, 0.3) is 0 Å². The van der Waals surface area contributed by atoms with E-state index >= 15 is 0 Å². The largest absolute Gasteiger partial charge is 0.497 e. The van der Waals surface area contributed by atoms with Crippen LogP contribution in [0.15, 0.2) is 59.8 Å². The Bertz CT molecular complexity index is 1200. The minimum atomic E-state index is -1.18. The Labute approximate surface area is 216 Å². The maximum absolute atomic E-state index is 13.5. The quantitative estimate of drug-likeness (QED) is 0.315. The van der Waals surface area contributed by atoms with Gasteiger partial charge in [0.15, 0.2) is 5.16 Å². The molecule has 36 heavy (non-hydrogen) atoms. The molecule has 0 saturated carbocycles. The molecule has 0 spiro atoms. The molecule has 0 fully saturated rings. The summed E-state index contributed by atoms with van der Waals surface area (Å²) in [5, 5.41) is 3.45. The lowest BCUT2D eigenvalue weighted by Gasteiger charge is -2.37. The summed E-state index contributed by atoms with van der Waals surface area (Å²) in [6.45, 7) is 7.52. The van der Waals surface area contributed by atoms with Gasteiger partial charge >= 0.3 is 0 Å². The molecule has 1 aromatic heterocycles. The summed E-state index contributed by atoms with van der Waals surface area (Å²) in [6.07, 6.45) is 0. The van der Waals surface area contributed by atoms with Crippen molar-refractivity contribution in [3.05, 3.63) is 71.5 Å². The average molecular weight is 509 g/mol. The van der Waals surface area contributed by atoms with Crippen LogP contribution in [-0.4, -0.2) is 52.2 Å². The Morgan fingerprint density at radius 2 is 1.64 bits per heavy atom. The van der Waals surface area contributed by atoms with Crippen LogP contribution in [-0.2, 0) is 16.1 Å². The van der Waals surface area contributed by atoms with Crippen molar-refractivity contribution in [2.45, 2.75) is 44.9 Å². The van der Waals surface area contributed by atoms with E-state index < -0.39 is 5.54 Å². The Balaban J connectivity index is 1.85. The fraction of sp³-hybridized carbons (Fsp3) is 0.333. The maximum Gasteiger partial charge on any atom is 0.249 e. The van der Waals surface area contributed by atoms with E-state index in [1.165, 1.54) is 18.9 Å². The molecule has 0 bridgehead atoms. The molecule has 2 aromatic carbocycles. The molecule has 8 nitrogen and oxygen atoms in total. The summed E-state index contributed by atoms with van der Waals surface area (Å²) < 4.78 is 10.7. The smallest absolute Gasteiger partial charge is 0.249 e. The van der Waals surface area contributed by atoms with Gasteiger partial charge in [0.2, 0.25) is 11.8 Å². The number of benzene rings is 2. The van der Waals surface area contributed by atoms with Gasteiger partial charge in [-0.05, 0) is 51.5 Å². The van der Waals surface area contributed by atoms with E-state index in [0.29, 0.717) is 22.3 Å². The molecule has 9 heteroatoms. The van der Waals surface area contributed by atoms with Crippen molar-refractivity contribution in [2.75, 3.05) is 25.3 Å². The third-order valence-electron chi connectivity index (χ3n) is 5.66. The second-order valence-corrected chi connectivity index (χ2v) is 9.71. The van der Waals surface area contributed by atoms with Gasteiger partial charge in [-0.3, -0.25) is 9.59 Å².